The maximum atomic E-state index is 2.48. The Labute approximate surface area is 229 Å². The number of aromatic nitrogens is 2. The van der Waals surface area contributed by atoms with E-state index in [1.807, 2.05) is 0 Å². The van der Waals surface area contributed by atoms with Gasteiger partial charge in [-0.2, -0.15) is 9.13 Å². The van der Waals surface area contributed by atoms with Crippen LogP contribution in [-0.4, -0.2) is 0 Å². The maximum absolute atomic E-state index is 2.48. The van der Waals surface area contributed by atoms with Gasteiger partial charge < -0.3 is 0 Å². The number of rotatable bonds is 4. The lowest BCUT2D eigenvalue weighted by atomic mass is 9.62. The van der Waals surface area contributed by atoms with E-state index in [1.165, 1.54) is 103 Å². The van der Waals surface area contributed by atoms with E-state index in [4.69, 9.17) is 0 Å². The Hall–Kier alpha value is -3.26. The molecule has 2 aromatic carbocycles. The van der Waals surface area contributed by atoms with Gasteiger partial charge in [0.15, 0.2) is 6.20 Å². The zero-order chi connectivity index (χ0) is 26.1. The van der Waals surface area contributed by atoms with Crippen LogP contribution in [0.3, 0.4) is 0 Å². The fraction of sp³-hybridized carbons (Fsp3) is 0.389. The highest BCUT2D eigenvalue weighted by molar-refractivity contribution is 5.73. The third-order valence-electron chi connectivity index (χ3n) is 9.72. The zero-order valence-electron chi connectivity index (χ0n) is 23.4. The Bertz CT molecular complexity index is 1420. The topological polar surface area (TPSA) is 7.76 Å². The lowest BCUT2D eigenvalue weighted by Gasteiger charge is -2.43. The van der Waals surface area contributed by atoms with Crippen molar-refractivity contribution in [2.45, 2.75) is 70.6 Å². The van der Waals surface area contributed by atoms with Crippen LogP contribution >= 0.6 is 0 Å². The van der Waals surface area contributed by atoms with Crippen molar-refractivity contribution < 1.29 is 9.13 Å². The summed E-state index contributed by atoms with van der Waals surface area (Å²) in [5, 5.41) is 0. The molecule has 0 aliphatic heterocycles. The lowest BCUT2D eigenvalue weighted by Crippen LogP contribution is -2.40. The van der Waals surface area contributed by atoms with Crippen LogP contribution in [0.5, 0.6) is 0 Å². The maximum Gasteiger partial charge on any atom is 0.277 e. The Morgan fingerprint density at radius 1 is 0.658 bits per heavy atom. The molecule has 0 saturated heterocycles. The summed E-state index contributed by atoms with van der Waals surface area (Å²) in [5.74, 6) is 0.695. The molecule has 2 fully saturated rings. The van der Waals surface area contributed by atoms with Crippen molar-refractivity contribution in [3.63, 3.8) is 0 Å². The second-order valence-electron chi connectivity index (χ2n) is 12.0. The van der Waals surface area contributed by atoms with Gasteiger partial charge in [0.2, 0.25) is 5.69 Å². The van der Waals surface area contributed by atoms with Gasteiger partial charge in [0.25, 0.3) is 11.4 Å². The second-order valence-corrected chi connectivity index (χ2v) is 12.0. The fourth-order valence-corrected chi connectivity index (χ4v) is 7.28. The molecule has 0 atom stereocenters. The standard InChI is InChI=1S/C36H42N2/c1-27-15-16-30(28-11-6-4-7-12-28)25-32(27)33-13-10-14-34(38(33)3)35-26-31(19-24-37(35)2)29-17-22-36(23-18-29)20-8-5-9-21-36/h4,6-7,10-16,19,24-26,29H,5,8-9,17-18,20-23H2,1-3H3/q+2. The largest absolute Gasteiger partial charge is 0.277 e. The second kappa shape index (κ2) is 10.5. The number of hydrogen-bond acceptors (Lipinski definition) is 0. The molecule has 0 unspecified atom stereocenters. The normalized spacial score (nSPS) is 17.6. The summed E-state index contributed by atoms with van der Waals surface area (Å²) in [6, 6.07) is 29.2. The molecule has 4 aromatic rings. The monoisotopic (exact) mass is 502 g/mol. The zero-order valence-corrected chi connectivity index (χ0v) is 23.4. The first-order chi connectivity index (χ1) is 18.5. The van der Waals surface area contributed by atoms with Crippen LogP contribution in [0.15, 0.2) is 85.1 Å². The highest BCUT2D eigenvalue weighted by Crippen LogP contribution is 2.51. The van der Waals surface area contributed by atoms with Gasteiger partial charge in [-0.25, -0.2) is 0 Å². The summed E-state index contributed by atoms with van der Waals surface area (Å²) >= 11 is 0. The van der Waals surface area contributed by atoms with Gasteiger partial charge in [0.05, 0.1) is 0 Å². The van der Waals surface area contributed by atoms with Gasteiger partial charge in [0.1, 0.15) is 14.1 Å². The van der Waals surface area contributed by atoms with Gasteiger partial charge in [-0.15, -0.1) is 0 Å². The van der Waals surface area contributed by atoms with Crippen LogP contribution < -0.4 is 9.13 Å². The first-order valence-corrected chi connectivity index (χ1v) is 14.7. The summed E-state index contributed by atoms with van der Waals surface area (Å²) < 4.78 is 4.68. The molecule has 2 nitrogen and oxygen atoms in total. The Morgan fingerprint density at radius 3 is 2.16 bits per heavy atom. The van der Waals surface area contributed by atoms with Crippen LogP contribution in [0.4, 0.5) is 0 Å². The van der Waals surface area contributed by atoms with Crippen LogP contribution in [-0.2, 0) is 14.1 Å². The molecule has 2 saturated carbocycles. The van der Waals surface area contributed by atoms with Crippen molar-refractivity contribution in [3.8, 4) is 33.8 Å². The van der Waals surface area contributed by atoms with E-state index in [-0.39, 0.29) is 0 Å². The molecule has 38 heavy (non-hydrogen) atoms. The van der Waals surface area contributed by atoms with Crippen molar-refractivity contribution in [1.82, 2.24) is 0 Å². The van der Waals surface area contributed by atoms with E-state index in [1.54, 1.807) is 0 Å². The molecule has 2 heterocycles. The molecular weight excluding hydrogens is 460 g/mol. The van der Waals surface area contributed by atoms with Crippen molar-refractivity contribution in [2.75, 3.05) is 0 Å². The van der Waals surface area contributed by atoms with Crippen molar-refractivity contribution in [1.29, 1.82) is 0 Å². The SMILES string of the molecule is Cc1ccc(-c2ccccc2)cc1-c1cccc(-c2cc(C3CCC4(CCCCC4)CC3)cc[n+]2C)[n+]1C. The van der Waals surface area contributed by atoms with Gasteiger partial charge in [-0.05, 0) is 91.2 Å². The molecule has 2 aliphatic carbocycles. The molecule has 2 aliphatic rings. The number of pyridine rings is 2. The minimum Gasteiger partial charge on any atom is -0.196 e. The molecule has 6 rings (SSSR count). The molecule has 1 spiro atoms. The molecular formula is C36H42N2+2. The van der Waals surface area contributed by atoms with Gasteiger partial charge >= 0.3 is 0 Å². The first kappa shape index (κ1) is 25.0. The fourth-order valence-electron chi connectivity index (χ4n) is 7.28. The summed E-state index contributed by atoms with van der Waals surface area (Å²) in [4.78, 5) is 0. The van der Waals surface area contributed by atoms with Crippen molar-refractivity contribution >= 4 is 0 Å². The third-order valence-corrected chi connectivity index (χ3v) is 9.72. The van der Waals surface area contributed by atoms with Crippen LogP contribution in [0.2, 0.25) is 0 Å². The Balaban J connectivity index is 1.33. The van der Waals surface area contributed by atoms with E-state index in [0.29, 0.717) is 11.3 Å². The molecule has 0 amide bonds. The third kappa shape index (κ3) is 4.82. The average Bonchev–Trinajstić information content (AvgIpc) is 2.96. The van der Waals surface area contributed by atoms with Gasteiger partial charge in [-0.3, -0.25) is 0 Å². The summed E-state index contributed by atoms with van der Waals surface area (Å²) in [6.07, 6.45) is 15.1. The number of aryl methyl sites for hydroxylation is 2. The quantitative estimate of drug-likeness (QED) is 0.248. The Kier molecular flexibility index (Phi) is 6.91. The summed E-state index contributed by atoms with van der Waals surface area (Å²) in [7, 11) is 4.41. The number of benzene rings is 2. The first-order valence-electron chi connectivity index (χ1n) is 14.7. The minimum absolute atomic E-state index is 0.671. The molecule has 0 N–H and O–H groups in total. The van der Waals surface area contributed by atoms with E-state index in [2.05, 4.69) is 115 Å². The smallest absolute Gasteiger partial charge is 0.196 e. The highest BCUT2D eigenvalue weighted by atomic mass is 15.0. The molecule has 0 radical (unpaired) electrons. The van der Waals surface area contributed by atoms with E-state index in [0.717, 1.165) is 0 Å². The molecule has 2 heteroatoms. The van der Waals surface area contributed by atoms with Crippen LogP contribution in [0.1, 0.15) is 74.8 Å². The predicted molar refractivity (Wildman–Crippen MR) is 157 cm³/mol. The van der Waals surface area contributed by atoms with Crippen LogP contribution in [0.25, 0.3) is 33.8 Å². The molecule has 0 bridgehead atoms. The van der Waals surface area contributed by atoms with Gasteiger partial charge in [0, 0.05) is 29.8 Å². The summed E-state index contributed by atoms with van der Waals surface area (Å²) in [6.45, 7) is 2.22. The minimum atomic E-state index is 0.671. The average molecular weight is 503 g/mol. The Morgan fingerprint density at radius 2 is 1.39 bits per heavy atom. The highest BCUT2D eigenvalue weighted by Gasteiger charge is 2.37. The van der Waals surface area contributed by atoms with Crippen LogP contribution in [0, 0.1) is 12.3 Å². The van der Waals surface area contributed by atoms with E-state index in [9.17, 15) is 0 Å². The van der Waals surface area contributed by atoms with Gasteiger partial charge in [-0.1, -0.05) is 61.7 Å². The molecule has 2 aromatic heterocycles. The lowest BCUT2D eigenvalue weighted by molar-refractivity contribution is -0.685. The predicted octanol–water partition coefficient (Wildman–Crippen LogP) is 8.25. The van der Waals surface area contributed by atoms with Crippen molar-refractivity contribution in [3.05, 3.63) is 96.2 Å². The molecule has 194 valence electrons. The number of nitrogens with zero attached hydrogens (tertiary/aromatic N) is 2. The number of hydrogen-bond donors (Lipinski definition) is 0. The summed E-state index contributed by atoms with van der Waals surface area (Å²) in [5.41, 5.74) is 11.1. The van der Waals surface area contributed by atoms with E-state index >= 15 is 0 Å². The van der Waals surface area contributed by atoms with Crippen molar-refractivity contribution in [2.24, 2.45) is 19.5 Å². The van der Waals surface area contributed by atoms with E-state index < -0.39 is 0 Å².